The number of rotatable bonds is 6. The van der Waals surface area contributed by atoms with Crippen molar-refractivity contribution in [2.45, 2.75) is 27.2 Å². The Morgan fingerprint density at radius 2 is 1.57 bits per heavy atom. The Balaban J connectivity index is 3.01. The van der Waals surface area contributed by atoms with Crippen molar-refractivity contribution in [3.63, 3.8) is 0 Å². The van der Waals surface area contributed by atoms with E-state index in [-0.39, 0.29) is 37.4 Å². The molecule has 0 saturated heterocycles. The molecular weight excluding hydrogens is 276 g/mol. The number of carbonyl (C=O) groups excluding carboxylic acids is 3. The monoisotopic (exact) mass is 296 g/mol. The summed E-state index contributed by atoms with van der Waals surface area (Å²) in [6.07, 6.45) is 3.05. The third-order valence-electron chi connectivity index (χ3n) is 2.85. The smallest absolute Gasteiger partial charge is 0.338 e. The fraction of sp³-hybridized carbons (Fsp3) is 0.533. The van der Waals surface area contributed by atoms with Crippen LogP contribution in [0.25, 0.3) is 0 Å². The van der Waals surface area contributed by atoms with Gasteiger partial charge in [-0.3, -0.25) is 4.79 Å². The molecule has 0 fully saturated rings. The van der Waals surface area contributed by atoms with Gasteiger partial charge in [-0.15, -0.1) is 0 Å². The molecule has 0 amide bonds. The van der Waals surface area contributed by atoms with Crippen molar-refractivity contribution >= 4 is 17.9 Å². The first-order valence-electron chi connectivity index (χ1n) is 6.97. The number of hydrogen-bond acceptors (Lipinski definition) is 6. The minimum Gasteiger partial charge on any atom is -0.466 e. The maximum atomic E-state index is 12.0. The molecule has 21 heavy (non-hydrogen) atoms. The van der Waals surface area contributed by atoms with E-state index in [9.17, 15) is 14.4 Å². The molecule has 1 atom stereocenters. The lowest BCUT2D eigenvalue weighted by molar-refractivity contribution is -0.147. The first-order valence-corrected chi connectivity index (χ1v) is 6.97. The summed E-state index contributed by atoms with van der Waals surface area (Å²) in [7, 11) is 0. The fourth-order valence-corrected chi connectivity index (χ4v) is 1.93. The molecule has 0 saturated carbocycles. The van der Waals surface area contributed by atoms with Crippen molar-refractivity contribution in [2.75, 3.05) is 19.8 Å². The van der Waals surface area contributed by atoms with Crippen LogP contribution in [0.2, 0.25) is 0 Å². The molecular formula is C15H20O6. The molecule has 0 aromatic carbocycles. The molecule has 0 spiro atoms. The van der Waals surface area contributed by atoms with E-state index in [0.29, 0.717) is 0 Å². The minimum atomic E-state index is -0.612. The molecule has 1 aliphatic rings. The van der Waals surface area contributed by atoms with Gasteiger partial charge >= 0.3 is 17.9 Å². The molecule has 1 rings (SSSR count). The maximum absolute atomic E-state index is 12.0. The highest BCUT2D eigenvalue weighted by Gasteiger charge is 2.30. The summed E-state index contributed by atoms with van der Waals surface area (Å²) in [6.45, 7) is 5.70. The Labute approximate surface area is 123 Å². The maximum Gasteiger partial charge on any atom is 0.338 e. The largest absolute Gasteiger partial charge is 0.466 e. The third kappa shape index (κ3) is 4.44. The van der Waals surface area contributed by atoms with Crippen LogP contribution in [0.4, 0.5) is 0 Å². The highest BCUT2D eigenvalue weighted by Crippen LogP contribution is 2.26. The van der Waals surface area contributed by atoms with Gasteiger partial charge in [-0.2, -0.15) is 0 Å². The molecule has 0 bridgehead atoms. The Morgan fingerprint density at radius 1 is 1.00 bits per heavy atom. The summed E-state index contributed by atoms with van der Waals surface area (Å²) in [5.74, 6) is -2.24. The lowest BCUT2D eigenvalue weighted by Gasteiger charge is -2.19. The molecule has 0 aromatic heterocycles. The highest BCUT2D eigenvalue weighted by atomic mass is 16.5. The van der Waals surface area contributed by atoms with Crippen molar-refractivity contribution < 1.29 is 28.6 Å². The lowest BCUT2D eigenvalue weighted by Crippen LogP contribution is -2.25. The SMILES string of the molecule is CCOC(=O)C1=C(C(=O)OCC)C[C@H](C(=O)OCC)C=C1. The van der Waals surface area contributed by atoms with Crippen LogP contribution >= 0.6 is 0 Å². The van der Waals surface area contributed by atoms with Gasteiger partial charge < -0.3 is 14.2 Å². The summed E-state index contributed by atoms with van der Waals surface area (Å²) < 4.78 is 14.8. The standard InChI is InChI=1S/C15H20O6/c1-4-19-13(16)10-7-8-11(14(17)20-5-2)12(9-10)15(18)21-6-3/h7-8,10H,4-6,9H2,1-3H3/t10-/m1/s1. The first kappa shape index (κ1) is 16.9. The molecule has 0 heterocycles. The van der Waals surface area contributed by atoms with Gasteiger partial charge in [0, 0.05) is 0 Å². The van der Waals surface area contributed by atoms with Gasteiger partial charge in [-0.25, -0.2) is 9.59 Å². The van der Waals surface area contributed by atoms with Crippen molar-refractivity contribution in [1.82, 2.24) is 0 Å². The van der Waals surface area contributed by atoms with Crippen LogP contribution in [0.5, 0.6) is 0 Å². The quantitative estimate of drug-likeness (QED) is 0.546. The zero-order valence-electron chi connectivity index (χ0n) is 12.5. The molecule has 0 aliphatic heterocycles. The van der Waals surface area contributed by atoms with E-state index in [2.05, 4.69) is 0 Å². The topological polar surface area (TPSA) is 78.9 Å². The van der Waals surface area contributed by atoms with Gasteiger partial charge in [0.05, 0.1) is 36.9 Å². The van der Waals surface area contributed by atoms with Crippen molar-refractivity contribution in [1.29, 1.82) is 0 Å². The lowest BCUT2D eigenvalue weighted by atomic mass is 9.89. The minimum absolute atomic E-state index is 0.0717. The molecule has 0 N–H and O–H groups in total. The van der Waals surface area contributed by atoms with Crippen LogP contribution < -0.4 is 0 Å². The van der Waals surface area contributed by atoms with Crippen LogP contribution in [0.15, 0.2) is 23.3 Å². The Bertz CT molecular complexity index is 475. The van der Waals surface area contributed by atoms with E-state index < -0.39 is 23.8 Å². The second kappa shape index (κ2) is 8.24. The predicted octanol–water partition coefficient (Wildman–Crippen LogP) is 1.55. The van der Waals surface area contributed by atoms with Crippen LogP contribution in [0.1, 0.15) is 27.2 Å². The number of hydrogen-bond donors (Lipinski definition) is 0. The molecule has 0 aromatic rings. The van der Waals surface area contributed by atoms with Crippen molar-refractivity contribution in [3.05, 3.63) is 23.3 Å². The summed E-state index contributed by atoms with van der Waals surface area (Å²) in [4.78, 5) is 35.6. The normalized spacial score (nSPS) is 17.4. The van der Waals surface area contributed by atoms with E-state index in [1.807, 2.05) is 0 Å². The highest BCUT2D eigenvalue weighted by molar-refractivity contribution is 6.03. The van der Waals surface area contributed by atoms with Gasteiger partial charge in [0.1, 0.15) is 0 Å². The van der Waals surface area contributed by atoms with E-state index in [0.717, 1.165) is 0 Å². The van der Waals surface area contributed by atoms with E-state index in [1.54, 1.807) is 26.8 Å². The van der Waals surface area contributed by atoms with Gasteiger partial charge in [0.2, 0.25) is 0 Å². The molecule has 6 heteroatoms. The second-order valence-electron chi connectivity index (χ2n) is 4.25. The average Bonchev–Trinajstić information content (AvgIpc) is 2.47. The summed E-state index contributed by atoms with van der Waals surface area (Å²) in [5.41, 5.74) is 0.284. The Kier molecular flexibility index (Phi) is 6.65. The van der Waals surface area contributed by atoms with Gasteiger partial charge in [0.15, 0.2) is 0 Å². The summed E-state index contributed by atoms with van der Waals surface area (Å²) in [5, 5.41) is 0. The Morgan fingerprint density at radius 3 is 2.14 bits per heavy atom. The van der Waals surface area contributed by atoms with E-state index in [4.69, 9.17) is 14.2 Å². The molecule has 6 nitrogen and oxygen atoms in total. The predicted molar refractivity (Wildman–Crippen MR) is 74.2 cm³/mol. The average molecular weight is 296 g/mol. The molecule has 1 aliphatic carbocycles. The van der Waals surface area contributed by atoms with Gasteiger partial charge in [0.25, 0.3) is 0 Å². The van der Waals surface area contributed by atoms with Crippen LogP contribution in [-0.2, 0) is 28.6 Å². The van der Waals surface area contributed by atoms with Crippen molar-refractivity contribution in [3.8, 4) is 0 Å². The fourth-order valence-electron chi connectivity index (χ4n) is 1.93. The third-order valence-corrected chi connectivity index (χ3v) is 2.85. The zero-order valence-corrected chi connectivity index (χ0v) is 12.5. The Hall–Kier alpha value is -2.11. The number of esters is 3. The van der Waals surface area contributed by atoms with Crippen molar-refractivity contribution in [2.24, 2.45) is 5.92 Å². The summed E-state index contributed by atoms with van der Waals surface area (Å²) >= 11 is 0. The van der Waals surface area contributed by atoms with Crippen LogP contribution in [-0.4, -0.2) is 37.7 Å². The number of carbonyl (C=O) groups is 3. The molecule has 116 valence electrons. The van der Waals surface area contributed by atoms with Crippen LogP contribution in [0.3, 0.4) is 0 Å². The zero-order chi connectivity index (χ0) is 15.8. The first-order chi connectivity index (χ1) is 10.0. The molecule has 0 radical (unpaired) electrons. The number of ether oxygens (including phenoxy) is 3. The van der Waals surface area contributed by atoms with Gasteiger partial charge in [-0.05, 0) is 27.2 Å². The summed E-state index contributed by atoms with van der Waals surface area (Å²) in [6, 6.07) is 0. The van der Waals surface area contributed by atoms with E-state index >= 15 is 0 Å². The second-order valence-corrected chi connectivity index (χ2v) is 4.25. The van der Waals surface area contributed by atoms with E-state index in [1.165, 1.54) is 6.08 Å². The molecule has 0 unspecified atom stereocenters. The van der Waals surface area contributed by atoms with Crippen LogP contribution in [0, 0.1) is 5.92 Å². The van der Waals surface area contributed by atoms with Gasteiger partial charge in [-0.1, -0.05) is 12.2 Å².